The molecule has 0 fully saturated rings. The summed E-state index contributed by atoms with van der Waals surface area (Å²) in [5, 5.41) is 3.18. The van der Waals surface area contributed by atoms with Crippen LogP contribution in [0.25, 0.3) is 11.1 Å². The Hall–Kier alpha value is -2.90. The van der Waals surface area contributed by atoms with Crippen molar-refractivity contribution in [3.05, 3.63) is 117 Å². The fraction of sp³-hybridized carbons (Fsp3) is 0.226. The lowest BCUT2D eigenvalue weighted by Gasteiger charge is -2.30. The maximum Gasteiger partial charge on any atom is 0.135 e. The lowest BCUT2D eigenvalue weighted by molar-refractivity contribution is 1.16. The lowest BCUT2D eigenvalue weighted by atomic mass is 10.1. The van der Waals surface area contributed by atoms with Gasteiger partial charge in [-0.05, 0) is 74.2 Å². The van der Waals surface area contributed by atoms with E-state index in [0.717, 1.165) is 0 Å². The normalized spacial score (nSPS) is 12.8. The zero-order valence-corrected chi connectivity index (χ0v) is 21.0. The molecule has 1 heteroatoms. The molecule has 4 aromatic carbocycles. The molecule has 0 bridgehead atoms. The van der Waals surface area contributed by atoms with Gasteiger partial charge in [0.25, 0.3) is 0 Å². The molecular formula is C31H31Si. The Morgan fingerprint density at radius 1 is 0.500 bits per heavy atom. The molecule has 0 aliphatic heterocycles. The van der Waals surface area contributed by atoms with Crippen molar-refractivity contribution in [2.45, 2.75) is 47.1 Å². The van der Waals surface area contributed by atoms with Crippen molar-refractivity contribution in [2.24, 2.45) is 0 Å². The minimum absolute atomic E-state index is 0.410. The first kappa shape index (κ1) is 21.0. The van der Waals surface area contributed by atoms with Crippen LogP contribution in [0, 0.1) is 41.5 Å². The third-order valence-electron chi connectivity index (χ3n) is 7.02. The third kappa shape index (κ3) is 3.27. The molecule has 1 radical (unpaired) electrons. The summed E-state index contributed by atoms with van der Waals surface area (Å²) in [4.78, 5) is 0. The predicted molar refractivity (Wildman–Crippen MR) is 140 cm³/mol. The van der Waals surface area contributed by atoms with Crippen molar-refractivity contribution in [2.75, 3.05) is 0 Å². The lowest BCUT2D eigenvalue weighted by Crippen LogP contribution is -2.51. The van der Waals surface area contributed by atoms with Gasteiger partial charge in [0.2, 0.25) is 0 Å². The monoisotopic (exact) mass is 431 g/mol. The molecule has 1 aliphatic carbocycles. The van der Waals surface area contributed by atoms with Crippen molar-refractivity contribution < 1.29 is 0 Å². The zero-order chi connectivity index (χ0) is 22.6. The third-order valence-corrected chi connectivity index (χ3v) is 10.9. The Morgan fingerprint density at radius 3 is 1.22 bits per heavy atom. The van der Waals surface area contributed by atoms with E-state index in [1.54, 1.807) is 10.4 Å². The van der Waals surface area contributed by atoms with Crippen molar-refractivity contribution in [1.82, 2.24) is 0 Å². The van der Waals surface area contributed by atoms with E-state index < -0.39 is 8.80 Å². The van der Waals surface area contributed by atoms with Crippen LogP contribution in [0.4, 0.5) is 0 Å². The van der Waals surface area contributed by atoms with Gasteiger partial charge in [0.15, 0.2) is 0 Å². The highest BCUT2D eigenvalue weighted by molar-refractivity contribution is 6.88. The first-order valence-corrected chi connectivity index (χ1v) is 13.2. The molecule has 159 valence electrons. The Bertz CT molecular complexity index is 1200. The van der Waals surface area contributed by atoms with Crippen LogP contribution in [0.15, 0.2) is 72.8 Å². The maximum absolute atomic E-state index is 2.39. The second kappa shape index (κ2) is 7.90. The predicted octanol–water partition coefficient (Wildman–Crippen LogP) is 6.50. The van der Waals surface area contributed by atoms with Gasteiger partial charge in [0.1, 0.15) is 8.80 Å². The number of hydrogen-bond donors (Lipinski definition) is 0. The van der Waals surface area contributed by atoms with E-state index in [4.69, 9.17) is 0 Å². The van der Waals surface area contributed by atoms with Crippen LogP contribution < -0.4 is 10.4 Å². The Balaban J connectivity index is 1.88. The number of hydrogen-bond acceptors (Lipinski definition) is 0. The van der Waals surface area contributed by atoms with Crippen molar-refractivity contribution in [3.8, 4) is 11.1 Å². The first-order chi connectivity index (χ1) is 15.4. The van der Waals surface area contributed by atoms with E-state index in [9.17, 15) is 0 Å². The molecule has 1 aliphatic rings. The highest BCUT2D eigenvalue weighted by Crippen LogP contribution is 2.46. The van der Waals surface area contributed by atoms with E-state index in [2.05, 4.69) is 114 Å². The molecular weight excluding hydrogens is 400 g/mol. The minimum atomic E-state index is -1.15. The molecule has 0 unspecified atom stereocenters. The molecule has 0 spiro atoms. The van der Waals surface area contributed by atoms with Crippen molar-refractivity contribution in [1.29, 1.82) is 0 Å². The molecule has 5 rings (SSSR count). The van der Waals surface area contributed by atoms with Crippen molar-refractivity contribution in [3.63, 3.8) is 0 Å². The van der Waals surface area contributed by atoms with Gasteiger partial charge in [-0.2, -0.15) is 0 Å². The summed E-state index contributed by atoms with van der Waals surface area (Å²) in [5.41, 5.74) is 14.7. The van der Waals surface area contributed by atoms with Crippen LogP contribution >= 0.6 is 0 Å². The molecule has 0 saturated carbocycles. The number of benzene rings is 4. The summed E-state index contributed by atoms with van der Waals surface area (Å²) in [5.74, 6) is 0. The SMILES string of the molecule is Cc1cc(C)c([Si](c2c(C)cc(C)cc2C)C2c3ccccc3-c3ccccc32)c(C)c1. The molecule has 0 heterocycles. The number of fused-ring (bicyclic) bond motifs is 3. The molecule has 0 nitrogen and oxygen atoms in total. The standard InChI is InChI=1S/C31H31Si/c1-19-15-21(3)29(22(4)16-19)32(30-23(5)17-20(2)18-24(30)6)31-27-13-9-7-11-25(27)26-12-8-10-14-28(26)31/h7-18,31H,1-6H3. The highest BCUT2D eigenvalue weighted by atomic mass is 28.3. The first-order valence-electron chi connectivity index (χ1n) is 11.6. The van der Waals surface area contributed by atoms with Crippen LogP contribution in [0.2, 0.25) is 0 Å². The minimum Gasteiger partial charge on any atom is -0.0619 e. The molecule has 0 N–H and O–H groups in total. The number of rotatable bonds is 3. The fourth-order valence-corrected chi connectivity index (χ4v) is 10.0. The van der Waals surface area contributed by atoms with Gasteiger partial charge in [-0.15, -0.1) is 0 Å². The van der Waals surface area contributed by atoms with Gasteiger partial charge < -0.3 is 0 Å². The summed E-state index contributed by atoms with van der Waals surface area (Å²) in [7, 11) is -1.15. The molecule has 0 atom stereocenters. The van der Waals surface area contributed by atoms with Gasteiger partial charge in [-0.3, -0.25) is 0 Å². The van der Waals surface area contributed by atoms with Gasteiger partial charge >= 0.3 is 0 Å². The van der Waals surface area contributed by atoms with Crippen LogP contribution in [0.1, 0.15) is 50.0 Å². The topological polar surface area (TPSA) is 0 Å². The summed E-state index contributed by atoms with van der Waals surface area (Å²) in [6, 6.07) is 27.8. The van der Waals surface area contributed by atoms with Gasteiger partial charge in [-0.25, -0.2) is 0 Å². The molecule has 0 amide bonds. The van der Waals surface area contributed by atoms with Crippen molar-refractivity contribution >= 4 is 19.2 Å². The van der Waals surface area contributed by atoms with Crippen LogP contribution in [0.5, 0.6) is 0 Å². The average Bonchev–Trinajstić information content (AvgIpc) is 3.05. The van der Waals surface area contributed by atoms with E-state index in [1.165, 1.54) is 55.6 Å². The summed E-state index contributed by atoms with van der Waals surface area (Å²) >= 11 is 0. The van der Waals surface area contributed by atoms with Gasteiger partial charge in [0.05, 0.1) is 0 Å². The highest BCUT2D eigenvalue weighted by Gasteiger charge is 2.39. The smallest absolute Gasteiger partial charge is 0.0619 e. The Kier molecular flexibility index (Phi) is 5.18. The largest absolute Gasteiger partial charge is 0.135 e. The second-order valence-corrected chi connectivity index (χ2v) is 12.0. The quantitative estimate of drug-likeness (QED) is 0.325. The van der Waals surface area contributed by atoms with E-state index >= 15 is 0 Å². The maximum atomic E-state index is 2.39. The Labute approximate surface area is 194 Å². The summed E-state index contributed by atoms with van der Waals surface area (Å²) in [6.45, 7) is 13.7. The second-order valence-electron chi connectivity index (χ2n) is 9.57. The summed E-state index contributed by atoms with van der Waals surface area (Å²) in [6.07, 6.45) is 0. The molecule has 0 aromatic heterocycles. The van der Waals surface area contributed by atoms with E-state index in [1.807, 2.05) is 0 Å². The van der Waals surface area contributed by atoms with E-state index in [-0.39, 0.29) is 0 Å². The Morgan fingerprint density at radius 2 is 0.844 bits per heavy atom. The van der Waals surface area contributed by atoms with Crippen LogP contribution in [-0.4, -0.2) is 8.80 Å². The molecule has 0 saturated heterocycles. The molecule has 4 aromatic rings. The van der Waals surface area contributed by atoms with Gasteiger partial charge in [-0.1, -0.05) is 106 Å². The molecule has 32 heavy (non-hydrogen) atoms. The number of aryl methyl sites for hydroxylation is 6. The van der Waals surface area contributed by atoms with Crippen LogP contribution in [0.3, 0.4) is 0 Å². The fourth-order valence-electron chi connectivity index (χ4n) is 6.09. The van der Waals surface area contributed by atoms with Gasteiger partial charge in [0, 0.05) is 5.54 Å². The summed E-state index contributed by atoms with van der Waals surface area (Å²) < 4.78 is 0. The average molecular weight is 432 g/mol. The zero-order valence-electron chi connectivity index (χ0n) is 20.0. The van der Waals surface area contributed by atoms with Crippen LogP contribution in [-0.2, 0) is 0 Å². The van der Waals surface area contributed by atoms with E-state index in [0.29, 0.717) is 5.54 Å².